The molecular weight excluding hydrogens is 352 g/mol. The minimum atomic E-state index is -3.16. The molecular formula is C16H14O8S. The van der Waals surface area contributed by atoms with Crippen molar-refractivity contribution in [2.75, 3.05) is 14.2 Å². The van der Waals surface area contributed by atoms with Crippen molar-refractivity contribution in [3.05, 3.63) is 47.5 Å². The third-order valence-corrected chi connectivity index (χ3v) is 4.98. The van der Waals surface area contributed by atoms with Gasteiger partial charge in [-0.1, -0.05) is 6.07 Å². The molecule has 8 nitrogen and oxygen atoms in total. The van der Waals surface area contributed by atoms with Crippen molar-refractivity contribution in [1.82, 2.24) is 0 Å². The fourth-order valence-electron chi connectivity index (χ4n) is 2.00. The van der Waals surface area contributed by atoms with E-state index < -0.39 is 21.8 Å². The van der Waals surface area contributed by atoms with Crippen LogP contribution >= 0.6 is 0 Å². The van der Waals surface area contributed by atoms with Gasteiger partial charge in [0, 0.05) is 0 Å². The van der Waals surface area contributed by atoms with Gasteiger partial charge in [0.1, 0.15) is 22.0 Å². The Labute approximate surface area is 143 Å². The van der Waals surface area contributed by atoms with Gasteiger partial charge in [-0.3, -0.25) is 0 Å². The molecule has 25 heavy (non-hydrogen) atoms. The number of sulfone groups is 1. The number of hydrogen-bond donors (Lipinski definition) is 2. The van der Waals surface area contributed by atoms with Crippen molar-refractivity contribution in [1.29, 1.82) is 0 Å². The molecule has 0 unspecified atom stereocenters. The molecule has 1 aliphatic heterocycles. The van der Waals surface area contributed by atoms with E-state index in [0.717, 1.165) is 6.07 Å². The standard InChI is InChI=1S/C10H10O5.C6H4O3S/c1-14-9(12)6-3-4-7(8(11)5-6)10(13)15-2;7-4-2-1-3-5-6(4)10(5,8)9/h3-5,11H,1-2H3;1-3,7H. The van der Waals surface area contributed by atoms with Crippen LogP contribution in [0.5, 0.6) is 11.5 Å². The van der Waals surface area contributed by atoms with Crippen molar-refractivity contribution in [3.63, 3.8) is 0 Å². The quantitative estimate of drug-likeness (QED) is 0.516. The summed E-state index contributed by atoms with van der Waals surface area (Å²) in [4.78, 5) is 22.5. The van der Waals surface area contributed by atoms with Gasteiger partial charge in [-0.15, -0.1) is 0 Å². The number of methoxy groups -OCH3 is 2. The van der Waals surface area contributed by atoms with Crippen LogP contribution in [0.4, 0.5) is 0 Å². The van der Waals surface area contributed by atoms with Crippen LogP contribution in [-0.4, -0.2) is 44.8 Å². The lowest BCUT2D eigenvalue weighted by Gasteiger charge is -2.04. The molecule has 2 aromatic rings. The number of phenols is 2. The van der Waals surface area contributed by atoms with Crippen LogP contribution in [-0.2, 0) is 19.3 Å². The smallest absolute Gasteiger partial charge is 0.341 e. The van der Waals surface area contributed by atoms with Gasteiger partial charge in [0.05, 0.1) is 24.7 Å². The number of benzene rings is 2. The predicted octanol–water partition coefficient (Wildman–Crippen LogP) is 1.50. The molecule has 0 fully saturated rings. The highest BCUT2D eigenvalue weighted by Crippen LogP contribution is 2.45. The molecule has 0 spiro atoms. The Bertz CT molecular complexity index is 947. The van der Waals surface area contributed by atoms with Gasteiger partial charge in [0.15, 0.2) is 0 Å². The van der Waals surface area contributed by atoms with E-state index in [4.69, 9.17) is 5.11 Å². The van der Waals surface area contributed by atoms with Gasteiger partial charge in [0.25, 0.3) is 0 Å². The second-order valence-electron chi connectivity index (χ2n) is 4.82. The number of aromatic hydroxyl groups is 2. The summed E-state index contributed by atoms with van der Waals surface area (Å²) in [6, 6.07) is 8.18. The number of esters is 2. The lowest BCUT2D eigenvalue weighted by atomic mass is 10.1. The van der Waals surface area contributed by atoms with Crippen molar-refractivity contribution >= 4 is 21.8 Å². The maximum absolute atomic E-state index is 11.1. The zero-order valence-electron chi connectivity index (χ0n) is 13.2. The summed E-state index contributed by atoms with van der Waals surface area (Å²) in [7, 11) is -0.723. The molecule has 9 heteroatoms. The summed E-state index contributed by atoms with van der Waals surface area (Å²) in [5, 5.41) is 18.4. The number of phenolic OH excluding ortho intramolecular Hbond substituents is 2. The SMILES string of the molecule is COC(=O)c1ccc(C(=O)OC)c(O)c1.O=S1(=O)c2cccc(O)c21. The first-order valence-electron chi connectivity index (χ1n) is 6.80. The topological polar surface area (TPSA) is 127 Å². The fraction of sp³-hybridized carbons (Fsp3) is 0.125. The molecule has 0 aromatic heterocycles. The molecule has 0 bridgehead atoms. The maximum Gasteiger partial charge on any atom is 0.341 e. The van der Waals surface area contributed by atoms with Crippen LogP contribution in [0.2, 0.25) is 0 Å². The normalized spacial score (nSPS) is 12.9. The van der Waals surface area contributed by atoms with Crippen LogP contribution in [0.1, 0.15) is 20.7 Å². The van der Waals surface area contributed by atoms with Gasteiger partial charge >= 0.3 is 11.9 Å². The number of carbonyl (C=O) groups is 2. The maximum atomic E-state index is 11.1. The second kappa shape index (κ2) is 6.81. The largest absolute Gasteiger partial charge is 0.507 e. The average Bonchev–Trinajstić information content (AvgIpc) is 3.17. The monoisotopic (exact) mass is 366 g/mol. The molecule has 2 N–H and O–H groups in total. The minimum Gasteiger partial charge on any atom is -0.507 e. The van der Waals surface area contributed by atoms with Gasteiger partial charge in [-0.05, 0) is 30.3 Å². The number of rotatable bonds is 2. The molecule has 0 aliphatic carbocycles. The van der Waals surface area contributed by atoms with Gasteiger partial charge < -0.3 is 19.7 Å². The highest BCUT2D eigenvalue weighted by molar-refractivity contribution is 7.97. The summed E-state index contributed by atoms with van der Waals surface area (Å²) >= 11 is 0. The van der Waals surface area contributed by atoms with Crippen LogP contribution < -0.4 is 0 Å². The molecule has 132 valence electrons. The minimum absolute atomic E-state index is 0.00477. The molecule has 0 radical (unpaired) electrons. The van der Waals surface area contributed by atoms with E-state index >= 15 is 0 Å². The van der Waals surface area contributed by atoms with E-state index in [1.807, 2.05) is 0 Å². The summed E-state index contributed by atoms with van der Waals surface area (Å²) in [5.41, 5.74) is 0.174. The summed E-state index contributed by atoms with van der Waals surface area (Å²) in [6.07, 6.45) is 0. The molecule has 0 saturated heterocycles. The summed E-state index contributed by atoms with van der Waals surface area (Å²) in [6.45, 7) is 0. The van der Waals surface area contributed by atoms with E-state index in [1.165, 1.54) is 44.6 Å². The van der Waals surface area contributed by atoms with Gasteiger partial charge in [0.2, 0.25) is 9.84 Å². The fourth-order valence-corrected chi connectivity index (χ4v) is 3.39. The molecule has 0 amide bonds. The summed E-state index contributed by atoms with van der Waals surface area (Å²) < 4.78 is 30.5. The van der Waals surface area contributed by atoms with E-state index in [1.54, 1.807) is 0 Å². The van der Waals surface area contributed by atoms with Crippen LogP contribution in [0.25, 0.3) is 0 Å². The molecule has 1 aliphatic rings. The molecule has 2 aromatic carbocycles. The molecule has 3 rings (SSSR count). The van der Waals surface area contributed by atoms with Gasteiger partial charge in [-0.25, -0.2) is 18.0 Å². The van der Waals surface area contributed by atoms with Crippen molar-refractivity contribution < 1.29 is 37.7 Å². The first kappa shape index (κ1) is 18.3. The molecule has 0 saturated carbocycles. The Hall–Kier alpha value is -3.07. The third kappa shape index (κ3) is 3.56. The van der Waals surface area contributed by atoms with Crippen molar-refractivity contribution in [2.45, 2.75) is 9.79 Å². The zero-order chi connectivity index (χ0) is 18.8. The summed E-state index contributed by atoms with van der Waals surface area (Å²) in [5.74, 6) is -1.70. The highest BCUT2D eigenvalue weighted by Gasteiger charge is 2.42. The van der Waals surface area contributed by atoms with Crippen LogP contribution in [0.15, 0.2) is 46.2 Å². The highest BCUT2D eigenvalue weighted by atomic mass is 32.2. The Morgan fingerprint density at radius 1 is 0.920 bits per heavy atom. The second-order valence-corrected chi connectivity index (χ2v) is 6.68. The molecule has 1 heterocycles. The van der Waals surface area contributed by atoms with E-state index in [9.17, 15) is 23.1 Å². The Morgan fingerprint density at radius 3 is 2.04 bits per heavy atom. The number of hydrogen-bond acceptors (Lipinski definition) is 8. The van der Waals surface area contributed by atoms with Crippen molar-refractivity contribution in [2.24, 2.45) is 0 Å². The van der Waals surface area contributed by atoms with E-state index in [0.29, 0.717) is 0 Å². The number of fused-ring (bicyclic) bond motifs is 1. The first-order chi connectivity index (χ1) is 11.7. The van der Waals surface area contributed by atoms with E-state index in [2.05, 4.69) is 9.47 Å². The Morgan fingerprint density at radius 2 is 1.56 bits per heavy atom. The zero-order valence-corrected chi connectivity index (χ0v) is 14.0. The molecule has 0 atom stereocenters. The number of carbonyl (C=O) groups excluding carboxylic acids is 2. The van der Waals surface area contributed by atoms with Crippen LogP contribution in [0.3, 0.4) is 0 Å². The predicted molar refractivity (Wildman–Crippen MR) is 84.3 cm³/mol. The van der Waals surface area contributed by atoms with E-state index in [-0.39, 0.29) is 32.4 Å². The van der Waals surface area contributed by atoms with Crippen molar-refractivity contribution in [3.8, 4) is 11.5 Å². The Balaban J connectivity index is 0.000000194. The first-order valence-corrected chi connectivity index (χ1v) is 8.29. The lowest BCUT2D eigenvalue weighted by molar-refractivity contribution is 0.0583. The lowest BCUT2D eigenvalue weighted by Crippen LogP contribution is -2.05. The van der Waals surface area contributed by atoms with Gasteiger partial charge in [-0.2, -0.15) is 0 Å². The number of ether oxygens (including phenoxy) is 2. The van der Waals surface area contributed by atoms with Crippen LogP contribution in [0, 0.1) is 0 Å². The third-order valence-electron chi connectivity index (χ3n) is 3.30. The average molecular weight is 366 g/mol. The Kier molecular flexibility index (Phi) is 4.98.